The SMILES string of the molecule is CC.CC(C)(C)OC(=O)N[C@H](CCCl)Cc1ccc(Br)cc1. The highest BCUT2D eigenvalue weighted by molar-refractivity contribution is 9.10. The molecule has 0 saturated heterocycles. The number of alkyl carbamates (subject to hydrolysis) is 1. The fourth-order valence-corrected chi connectivity index (χ4v) is 2.26. The molecule has 0 heterocycles. The van der Waals surface area contributed by atoms with E-state index in [9.17, 15) is 4.79 Å². The van der Waals surface area contributed by atoms with E-state index in [1.165, 1.54) is 0 Å². The number of nitrogens with one attached hydrogen (secondary N) is 1. The molecule has 0 aromatic heterocycles. The summed E-state index contributed by atoms with van der Waals surface area (Å²) >= 11 is 9.21. The Hall–Kier alpha value is -0.740. The predicted octanol–water partition coefficient (Wildman–Crippen LogP) is 5.54. The van der Waals surface area contributed by atoms with E-state index in [-0.39, 0.29) is 6.04 Å². The van der Waals surface area contributed by atoms with Gasteiger partial charge >= 0.3 is 6.09 Å². The summed E-state index contributed by atoms with van der Waals surface area (Å²) in [5.74, 6) is 0.497. The zero-order valence-corrected chi connectivity index (χ0v) is 16.4. The summed E-state index contributed by atoms with van der Waals surface area (Å²) in [6.07, 6.45) is 1.04. The van der Waals surface area contributed by atoms with E-state index >= 15 is 0 Å². The third-order valence-corrected chi connectivity index (χ3v) is 3.32. The molecular weight excluding hydrogens is 366 g/mol. The Morgan fingerprint density at radius 1 is 1.27 bits per heavy atom. The molecule has 0 saturated carbocycles. The topological polar surface area (TPSA) is 38.3 Å². The van der Waals surface area contributed by atoms with E-state index in [4.69, 9.17) is 16.3 Å². The molecule has 126 valence electrons. The first-order chi connectivity index (χ1) is 10.3. The molecule has 1 amide bonds. The molecule has 1 atom stereocenters. The summed E-state index contributed by atoms with van der Waals surface area (Å²) in [7, 11) is 0. The van der Waals surface area contributed by atoms with Crippen molar-refractivity contribution in [2.75, 3.05) is 5.88 Å². The molecule has 5 heteroatoms. The molecule has 0 aliphatic carbocycles. The minimum absolute atomic E-state index is 0.0245. The monoisotopic (exact) mass is 391 g/mol. The van der Waals surface area contributed by atoms with Gasteiger partial charge in [-0.15, -0.1) is 11.6 Å². The van der Waals surface area contributed by atoms with Gasteiger partial charge in [0.15, 0.2) is 0 Å². The Morgan fingerprint density at radius 3 is 2.27 bits per heavy atom. The quantitative estimate of drug-likeness (QED) is 0.668. The highest BCUT2D eigenvalue weighted by Crippen LogP contribution is 2.14. The number of hydrogen-bond acceptors (Lipinski definition) is 2. The molecular formula is C17H27BrClNO2. The summed E-state index contributed by atoms with van der Waals surface area (Å²) in [5, 5.41) is 2.88. The first-order valence-corrected chi connectivity index (χ1v) is 8.93. The lowest BCUT2D eigenvalue weighted by molar-refractivity contribution is 0.0503. The van der Waals surface area contributed by atoms with Crippen LogP contribution in [-0.2, 0) is 11.2 Å². The number of hydrogen-bond donors (Lipinski definition) is 1. The van der Waals surface area contributed by atoms with Crippen molar-refractivity contribution in [1.82, 2.24) is 5.32 Å². The number of benzene rings is 1. The standard InChI is InChI=1S/C15H21BrClNO2.C2H6/c1-15(2,3)20-14(19)18-13(8-9-17)10-11-4-6-12(16)7-5-11;1-2/h4-7,13H,8-10H2,1-3H3,(H,18,19);1-2H3/t13-;/m1./s1. The lowest BCUT2D eigenvalue weighted by atomic mass is 10.0. The van der Waals surface area contributed by atoms with Crippen LogP contribution >= 0.6 is 27.5 Å². The zero-order valence-electron chi connectivity index (χ0n) is 14.1. The summed E-state index contributed by atoms with van der Waals surface area (Å²) in [4.78, 5) is 11.8. The average molecular weight is 393 g/mol. The van der Waals surface area contributed by atoms with Crippen LogP contribution in [0.25, 0.3) is 0 Å². The number of halogens is 2. The summed E-state index contributed by atoms with van der Waals surface area (Å²) in [6.45, 7) is 9.54. The van der Waals surface area contributed by atoms with Gasteiger partial charge in [-0.2, -0.15) is 0 Å². The summed E-state index contributed by atoms with van der Waals surface area (Å²) in [5.41, 5.74) is 0.659. The van der Waals surface area contributed by atoms with Gasteiger partial charge in [0.1, 0.15) is 5.60 Å². The summed E-state index contributed by atoms with van der Waals surface area (Å²) < 4.78 is 6.31. The van der Waals surface area contributed by atoms with E-state index in [2.05, 4.69) is 21.2 Å². The first kappa shape index (κ1) is 21.3. The molecule has 0 unspecified atom stereocenters. The number of amides is 1. The minimum atomic E-state index is -0.493. The molecule has 1 aromatic carbocycles. The van der Waals surface area contributed by atoms with Gasteiger partial charge in [0.05, 0.1) is 0 Å². The highest BCUT2D eigenvalue weighted by atomic mass is 79.9. The lowest BCUT2D eigenvalue weighted by Gasteiger charge is -2.23. The molecule has 0 bridgehead atoms. The third kappa shape index (κ3) is 10.1. The maximum atomic E-state index is 11.8. The predicted molar refractivity (Wildman–Crippen MR) is 97.7 cm³/mol. The van der Waals surface area contributed by atoms with Gasteiger partial charge in [-0.05, 0) is 51.3 Å². The second kappa shape index (κ2) is 10.9. The van der Waals surface area contributed by atoms with Crippen LogP contribution in [0.4, 0.5) is 4.79 Å². The number of carbonyl (C=O) groups is 1. The van der Waals surface area contributed by atoms with Crippen LogP contribution in [0.15, 0.2) is 28.7 Å². The van der Waals surface area contributed by atoms with Crippen LogP contribution in [0.2, 0.25) is 0 Å². The Balaban J connectivity index is 0.00000211. The number of rotatable bonds is 5. The molecule has 0 aliphatic heterocycles. The molecule has 1 N–H and O–H groups in total. The van der Waals surface area contributed by atoms with Gasteiger partial charge in [-0.25, -0.2) is 4.79 Å². The second-order valence-corrected chi connectivity index (χ2v) is 6.95. The van der Waals surface area contributed by atoms with Crippen molar-refractivity contribution in [3.05, 3.63) is 34.3 Å². The Kier molecular flexibility index (Phi) is 10.5. The molecule has 0 radical (unpaired) electrons. The lowest BCUT2D eigenvalue weighted by Crippen LogP contribution is -2.40. The van der Waals surface area contributed by atoms with Crippen molar-refractivity contribution >= 4 is 33.6 Å². The molecule has 0 fully saturated rings. The van der Waals surface area contributed by atoms with Gasteiger partial charge < -0.3 is 10.1 Å². The first-order valence-electron chi connectivity index (χ1n) is 7.60. The molecule has 1 rings (SSSR count). The summed E-state index contributed by atoms with van der Waals surface area (Å²) in [6, 6.07) is 8.01. The molecule has 0 aliphatic rings. The Bertz CT molecular complexity index is 429. The van der Waals surface area contributed by atoms with E-state index in [1.807, 2.05) is 58.9 Å². The van der Waals surface area contributed by atoms with Crippen molar-refractivity contribution in [3.8, 4) is 0 Å². The minimum Gasteiger partial charge on any atom is -0.444 e. The van der Waals surface area contributed by atoms with Crippen LogP contribution in [0, 0.1) is 0 Å². The average Bonchev–Trinajstić information content (AvgIpc) is 2.41. The fraction of sp³-hybridized carbons (Fsp3) is 0.588. The van der Waals surface area contributed by atoms with Crippen molar-refractivity contribution in [3.63, 3.8) is 0 Å². The van der Waals surface area contributed by atoms with Crippen LogP contribution < -0.4 is 5.32 Å². The van der Waals surface area contributed by atoms with Crippen molar-refractivity contribution in [1.29, 1.82) is 0 Å². The maximum Gasteiger partial charge on any atom is 0.407 e. The largest absolute Gasteiger partial charge is 0.444 e. The molecule has 0 spiro atoms. The normalized spacial score (nSPS) is 12.0. The highest BCUT2D eigenvalue weighted by Gasteiger charge is 2.19. The molecule has 3 nitrogen and oxygen atoms in total. The number of alkyl halides is 1. The van der Waals surface area contributed by atoms with Crippen LogP contribution in [0.1, 0.15) is 46.6 Å². The number of ether oxygens (including phenoxy) is 1. The van der Waals surface area contributed by atoms with Crippen molar-refractivity contribution in [2.24, 2.45) is 0 Å². The van der Waals surface area contributed by atoms with Gasteiger partial charge in [-0.1, -0.05) is 41.9 Å². The van der Waals surface area contributed by atoms with Gasteiger partial charge in [0.25, 0.3) is 0 Å². The van der Waals surface area contributed by atoms with E-state index in [0.29, 0.717) is 12.3 Å². The Labute approximate surface area is 147 Å². The fourth-order valence-electron chi connectivity index (χ4n) is 1.74. The third-order valence-electron chi connectivity index (χ3n) is 2.57. The van der Waals surface area contributed by atoms with E-state index < -0.39 is 11.7 Å². The molecule has 22 heavy (non-hydrogen) atoms. The van der Waals surface area contributed by atoms with Gasteiger partial charge in [-0.3, -0.25) is 0 Å². The smallest absolute Gasteiger partial charge is 0.407 e. The van der Waals surface area contributed by atoms with Gasteiger partial charge in [0.2, 0.25) is 0 Å². The molecule has 1 aromatic rings. The van der Waals surface area contributed by atoms with Crippen molar-refractivity contribution in [2.45, 2.75) is 59.1 Å². The zero-order chi connectivity index (χ0) is 17.2. The van der Waals surface area contributed by atoms with E-state index in [1.54, 1.807) is 0 Å². The van der Waals surface area contributed by atoms with Crippen LogP contribution in [-0.4, -0.2) is 23.6 Å². The van der Waals surface area contributed by atoms with Crippen LogP contribution in [0.5, 0.6) is 0 Å². The van der Waals surface area contributed by atoms with Crippen molar-refractivity contribution < 1.29 is 9.53 Å². The van der Waals surface area contributed by atoms with E-state index in [0.717, 1.165) is 16.5 Å². The van der Waals surface area contributed by atoms with Gasteiger partial charge in [0, 0.05) is 16.4 Å². The maximum absolute atomic E-state index is 11.8. The van der Waals surface area contributed by atoms with Crippen LogP contribution in [0.3, 0.4) is 0 Å². The Morgan fingerprint density at radius 2 is 1.82 bits per heavy atom. The number of carbonyl (C=O) groups excluding carboxylic acids is 1. The second-order valence-electron chi connectivity index (χ2n) is 5.65.